The standard InChI is InChI=1S/C36H36N2/c1-23-20-32(25-8-4-2-5-9-25)29-18-19-31-34(38-27-14-12-24(22-37)13-15-27)21-33(26-10-6-3-7-11-26)30-17-16-28(23)35(29)36(30)31/h12-21,25-26,38H,2-11H2,1H3. The number of anilines is 2. The topological polar surface area (TPSA) is 35.8 Å². The maximum atomic E-state index is 9.27. The van der Waals surface area contributed by atoms with Crippen LogP contribution >= 0.6 is 0 Å². The van der Waals surface area contributed by atoms with Crippen LogP contribution in [0.2, 0.25) is 0 Å². The molecule has 2 heteroatoms. The van der Waals surface area contributed by atoms with Crippen molar-refractivity contribution >= 4 is 43.7 Å². The van der Waals surface area contributed by atoms with Gasteiger partial charge < -0.3 is 5.32 Å². The summed E-state index contributed by atoms with van der Waals surface area (Å²) < 4.78 is 0. The molecule has 2 saturated carbocycles. The highest BCUT2D eigenvalue weighted by atomic mass is 14.9. The highest BCUT2D eigenvalue weighted by Crippen LogP contribution is 2.48. The quantitative estimate of drug-likeness (QED) is 0.251. The molecule has 0 amide bonds. The van der Waals surface area contributed by atoms with Crippen LogP contribution in [0.3, 0.4) is 0 Å². The Hall–Kier alpha value is -3.57. The number of nitrogens with zero attached hydrogens (tertiary/aromatic N) is 1. The predicted octanol–water partition coefficient (Wildman–Crippen LogP) is 10.6. The first kappa shape index (κ1) is 23.5. The average molecular weight is 497 g/mol. The van der Waals surface area contributed by atoms with Crippen molar-refractivity contribution < 1.29 is 0 Å². The van der Waals surface area contributed by atoms with Crippen molar-refractivity contribution in [1.29, 1.82) is 5.26 Å². The van der Waals surface area contributed by atoms with Crippen molar-refractivity contribution in [3.05, 3.63) is 82.9 Å². The van der Waals surface area contributed by atoms with Crippen LogP contribution in [0.4, 0.5) is 11.4 Å². The zero-order valence-corrected chi connectivity index (χ0v) is 22.4. The van der Waals surface area contributed by atoms with E-state index in [0.717, 1.165) is 5.69 Å². The van der Waals surface area contributed by atoms with Crippen LogP contribution in [-0.2, 0) is 0 Å². The minimum absolute atomic E-state index is 0.619. The first-order chi connectivity index (χ1) is 18.7. The summed E-state index contributed by atoms with van der Waals surface area (Å²) in [6.07, 6.45) is 13.3. The largest absolute Gasteiger partial charge is 0.355 e. The molecule has 2 aliphatic carbocycles. The van der Waals surface area contributed by atoms with Gasteiger partial charge in [0.1, 0.15) is 0 Å². The molecule has 2 aliphatic rings. The number of hydrogen-bond donors (Lipinski definition) is 1. The average Bonchev–Trinajstić information content (AvgIpc) is 2.98. The van der Waals surface area contributed by atoms with Crippen molar-refractivity contribution in [2.45, 2.75) is 83.0 Å². The van der Waals surface area contributed by atoms with Gasteiger partial charge in [-0.3, -0.25) is 0 Å². The normalized spacial score (nSPS) is 17.4. The Labute approximate surface area is 226 Å². The van der Waals surface area contributed by atoms with Gasteiger partial charge in [-0.25, -0.2) is 0 Å². The lowest BCUT2D eigenvalue weighted by molar-refractivity contribution is 0.445. The van der Waals surface area contributed by atoms with Crippen molar-refractivity contribution in [3.8, 4) is 6.07 Å². The van der Waals surface area contributed by atoms with Crippen molar-refractivity contribution in [2.24, 2.45) is 0 Å². The summed E-state index contributed by atoms with van der Waals surface area (Å²) in [5.41, 5.74) is 7.43. The molecule has 7 rings (SSSR count). The van der Waals surface area contributed by atoms with Gasteiger partial charge in [-0.15, -0.1) is 0 Å². The molecule has 2 nitrogen and oxygen atoms in total. The summed E-state index contributed by atoms with van der Waals surface area (Å²) in [5, 5.41) is 21.6. The van der Waals surface area contributed by atoms with Gasteiger partial charge in [0, 0.05) is 16.8 Å². The fourth-order valence-corrected chi connectivity index (χ4v) is 7.62. The first-order valence-corrected chi connectivity index (χ1v) is 14.7. The molecule has 5 aromatic carbocycles. The lowest BCUT2D eigenvalue weighted by Gasteiger charge is -2.28. The lowest BCUT2D eigenvalue weighted by atomic mass is 9.77. The van der Waals surface area contributed by atoms with Gasteiger partial charge in [-0.2, -0.15) is 5.26 Å². The van der Waals surface area contributed by atoms with Gasteiger partial charge in [0.25, 0.3) is 0 Å². The smallest absolute Gasteiger partial charge is 0.0991 e. The Kier molecular flexibility index (Phi) is 5.96. The number of nitriles is 1. The van der Waals surface area contributed by atoms with E-state index in [1.807, 2.05) is 24.3 Å². The summed E-state index contributed by atoms with van der Waals surface area (Å²) in [4.78, 5) is 0. The molecule has 0 heterocycles. The summed E-state index contributed by atoms with van der Waals surface area (Å²) in [7, 11) is 0. The third kappa shape index (κ3) is 3.92. The molecular weight excluding hydrogens is 460 g/mol. The van der Waals surface area contributed by atoms with Gasteiger partial charge in [0.05, 0.1) is 11.6 Å². The van der Waals surface area contributed by atoms with E-state index in [1.54, 1.807) is 5.56 Å². The molecule has 0 saturated heterocycles. The van der Waals surface area contributed by atoms with E-state index in [0.29, 0.717) is 17.4 Å². The maximum absolute atomic E-state index is 9.27. The Bertz CT molecular complexity index is 1660. The molecule has 0 bridgehead atoms. The molecule has 0 aliphatic heterocycles. The van der Waals surface area contributed by atoms with Crippen LogP contribution in [0.1, 0.15) is 98.3 Å². The van der Waals surface area contributed by atoms with Gasteiger partial charge >= 0.3 is 0 Å². The van der Waals surface area contributed by atoms with E-state index in [4.69, 9.17) is 0 Å². The minimum Gasteiger partial charge on any atom is -0.355 e. The van der Waals surface area contributed by atoms with E-state index in [2.05, 4.69) is 54.7 Å². The summed E-state index contributed by atoms with van der Waals surface area (Å²) >= 11 is 0. The van der Waals surface area contributed by atoms with E-state index in [-0.39, 0.29) is 0 Å². The van der Waals surface area contributed by atoms with Gasteiger partial charge in [-0.05, 0) is 118 Å². The second-order valence-electron chi connectivity index (χ2n) is 11.9. The molecule has 190 valence electrons. The summed E-state index contributed by atoms with van der Waals surface area (Å²) in [6, 6.07) is 24.7. The molecule has 38 heavy (non-hydrogen) atoms. The SMILES string of the molecule is Cc1cc(C2CCCCC2)c2ccc3c(Nc4ccc(C#N)cc4)cc(C4CCCCC4)c4ccc1c2c34. The molecule has 0 radical (unpaired) electrons. The zero-order chi connectivity index (χ0) is 25.6. The van der Waals surface area contributed by atoms with E-state index < -0.39 is 0 Å². The molecule has 0 atom stereocenters. The monoisotopic (exact) mass is 496 g/mol. The van der Waals surface area contributed by atoms with Crippen LogP contribution in [0, 0.1) is 18.3 Å². The molecule has 0 spiro atoms. The van der Waals surface area contributed by atoms with Crippen LogP contribution < -0.4 is 5.32 Å². The lowest BCUT2D eigenvalue weighted by Crippen LogP contribution is -2.08. The number of hydrogen-bond acceptors (Lipinski definition) is 2. The number of benzene rings is 5. The molecular formula is C36H36N2. The van der Waals surface area contributed by atoms with E-state index in [9.17, 15) is 5.26 Å². The number of aryl methyl sites for hydroxylation is 1. The number of rotatable bonds is 4. The Balaban J connectivity index is 1.50. The van der Waals surface area contributed by atoms with E-state index in [1.165, 1.54) is 113 Å². The second kappa shape index (κ2) is 9.63. The van der Waals surface area contributed by atoms with Crippen LogP contribution in [0.5, 0.6) is 0 Å². The van der Waals surface area contributed by atoms with Crippen LogP contribution in [0.15, 0.2) is 60.7 Å². The first-order valence-electron chi connectivity index (χ1n) is 14.7. The summed E-state index contributed by atoms with van der Waals surface area (Å²) in [5.74, 6) is 1.30. The fourth-order valence-electron chi connectivity index (χ4n) is 7.62. The number of nitrogens with one attached hydrogen (secondary N) is 1. The van der Waals surface area contributed by atoms with Crippen molar-refractivity contribution in [3.63, 3.8) is 0 Å². The highest BCUT2D eigenvalue weighted by Gasteiger charge is 2.25. The summed E-state index contributed by atoms with van der Waals surface area (Å²) in [6.45, 7) is 2.32. The third-order valence-electron chi connectivity index (χ3n) is 9.55. The van der Waals surface area contributed by atoms with Crippen molar-refractivity contribution in [2.75, 3.05) is 5.32 Å². The Morgan fingerprint density at radius 1 is 0.632 bits per heavy atom. The molecule has 0 aromatic heterocycles. The van der Waals surface area contributed by atoms with Crippen LogP contribution in [-0.4, -0.2) is 0 Å². The van der Waals surface area contributed by atoms with Crippen LogP contribution in [0.25, 0.3) is 32.3 Å². The molecule has 5 aromatic rings. The molecule has 0 unspecified atom stereocenters. The van der Waals surface area contributed by atoms with Gasteiger partial charge in [0.2, 0.25) is 0 Å². The van der Waals surface area contributed by atoms with E-state index >= 15 is 0 Å². The molecule has 1 N–H and O–H groups in total. The highest BCUT2D eigenvalue weighted by molar-refractivity contribution is 6.27. The zero-order valence-electron chi connectivity index (χ0n) is 22.4. The fraction of sp³-hybridized carbons (Fsp3) is 0.361. The third-order valence-corrected chi connectivity index (χ3v) is 9.55. The minimum atomic E-state index is 0.619. The predicted molar refractivity (Wildman–Crippen MR) is 161 cm³/mol. The van der Waals surface area contributed by atoms with Crippen molar-refractivity contribution in [1.82, 2.24) is 0 Å². The Morgan fingerprint density at radius 2 is 1.16 bits per heavy atom. The second-order valence-corrected chi connectivity index (χ2v) is 11.9. The Morgan fingerprint density at radius 3 is 1.76 bits per heavy atom. The molecule has 2 fully saturated rings. The maximum Gasteiger partial charge on any atom is 0.0991 e. The van der Waals surface area contributed by atoms with Gasteiger partial charge in [0.15, 0.2) is 0 Å². The van der Waals surface area contributed by atoms with Gasteiger partial charge in [-0.1, -0.05) is 68.9 Å².